The monoisotopic (exact) mass is 271 g/mol. The van der Waals surface area contributed by atoms with Crippen LogP contribution in [0.2, 0.25) is 0 Å². The molecule has 0 saturated heterocycles. The van der Waals surface area contributed by atoms with Gasteiger partial charge >= 0.3 is 6.18 Å². The van der Waals surface area contributed by atoms with Crippen molar-refractivity contribution in [3.63, 3.8) is 0 Å². The molecule has 0 fully saturated rings. The number of alkyl halides is 3. The Morgan fingerprint density at radius 2 is 1.79 bits per heavy atom. The van der Waals surface area contributed by atoms with E-state index in [9.17, 15) is 18.3 Å². The van der Waals surface area contributed by atoms with Gasteiger partial charge in [0, 0.05) is 22.6 Å². The van der Waals surface area contributed by atoms with Gasteiger partial charge in [-0.3, -0.25) is 0 Å². The summed E-state index contributed by atoms with van der Waals surface area (Å²) in [5.41, 5.74) is 0.341. The maximum Gasteiger partial charge on any atom is 0.417 e. The topological polar surface area (TPSA) is 25.2 Å². The zero-order valence-corrected chi connectivity index (χ0v) is 11.0. The summed E-state index contributed by atoms with van der Waals surface area (Å²) in [6.45, 7) is 5.32. The van der Waals surface area contributed by atoms with Crippen LogP contribution in [-0.2, 0) is 6.18 Å². The molecule has 19 heavy (non-hydrogen) atoms. The second kappa shape index (κ2) is 4.56. The summed E-state index contributed by atoms with van der Waals surface area (Å²) in [7, 11) is 0. The number of fused-ring (bicyclic) bond motifs is 1. The third-order valence-corrected chi connectivity index (χ3v) is 3.16. The molecule has 1 aromatic heterocycles. The molecule has 1 atom stereocenters. The molecule has 2 nitrogen and oxygen atoms in total. The SMILES string of the molecule is CC(O)c1cc2c(C(F)(F)F)cccc2n1C(C)C. The summed E-state index contributed by atoms with van der Waals surface area (Å²) < 4.78 is 40.7. The van der Waals surface area contributed by atoms with Crippen LogP contribution in [0.5, 0.6) is 0 Å². The van der Waals surface area contributed by atoms with Crippen molar-refractivity contribution in [2.45, 2.75) is 39.1 Å². The molecule has 0 aliphatic rings. The van der Waals surface area contributed by atoms with Crippen molar-refractivity contribution in [1.29, 1.82) is 0 Å². The summed E-state index contributed by atoms with van der Waals surface area (Å²) in [5.74, 6) is 0. The van der Waals surface area contributed by atoms with Crippen LogP contribution < -0.4 is 0 Å². The molecule has 0 radical (unpaired) electrons. The summed E-state index contributed by atoms with van der Waals surface area (Å²) in [4.78, 5) is 0. The molecule has 1 N–H and O–H groups in total. The first kappa shape index (κ1) is 13.9. The average Bonchev–Trinajstić information content (AvgIpc) is 2.66. The van der Waals surface area contributed by atoms with E-state index < -0.39 is 17.8 Å². The number of aliphatic hydroxyl groups is 1. The zero-order chi connectivity index (χ0) is 14.4. The van der Waals surface area contributed by atoms with Gasteiger partial charge in [-0.25, -0.2) is 0 Å². The molecule has 0 spiro atoms. The first-order valence-corrected chi connectivity index (χ1v) is 6.12. The highest BCUT2D eigenvalue weighted by atomic mass is 19.4. The van der Waals surface area contributed by atoms with Gasteiger partial charge in [0.05, 0.1) is 11.7 Å². The van der Waals surface area contributed by atoms with E-state index in [0.29, 0.717) is 11.2 Å². The van der Waals surface area contributed by atoms with Crippen molar-refractivity contribution in [3.8, 4) is 0 Å². The van der Waals surface area contributed by atoms with Gasteiger partial charge < -0.3 is 9.67 Å². The Hall–Kier alpha value is -1.49. The van der Waals surface area contributed by atoms with E-state index in [2.05, 4.69) is 0 Å². The molecular formula is C14H16F3NO. The van der Waals surface area contributed by atoms with Crippen LogP contribution in [-0.4, -0.2) is 9.67 Å². The molecule has 2 aromatic rings. The number of aliphatic hydroxyl groups excluding tert-OH is 1. The molecule has 1 heterocycles. The van der Waals surface area contributed by atoms with E-state index in [-0.39, 0.29) is 11.4 Å². The van der Waals surface area contributed by atoms with Gasteiger partial charge in [0.1, 0.15) is 0 Å². The maximum absolute atomic E-state index is 13.0. The molecule has 0 bridgehead atoms. The van der Waals surface area contributed by atoms with Crippen LogP contribution >= 0.6 is 0 Å². The van der Waals surface area contributed by atoms with Gasteiger partial charge in [0.2, 0.25) is 0 Å². The van der Waals surface area contributed by atoms with E-state index in [0.717, 1.165) is 6.07 Å². The molecule has 0 aliphatic heterocycles. The van der Waals surface area contributed by atoms with Gasteiger partial charge in [-0.1, -0.05) is 6.07 Å². The van der Waals surface area contributed by atoms with Gasteiger partial charge in [-0.2, -0.15) is 13.2 Å². The highest BCUT2D eigenvalue weighted by Gasteiger charge is 2.33. The lowest BCUT2D eigenvalue weighted by atomic mass is 10.1. The number of benzene rings is 1. The van der Waals surface area contributed by atoms with E-state index in [1.807, 2.05) is 13.8 Å². The number of rotatable bonds is 2. The van der Waals surface area contributed by atoms with Crippen LogP contribution in [0.15, 0.2) is 24.3 Å². The fourth-order valence-electron chi connectivity index (χ4n) is 2.42. The predicted molar refractivity (Wildman–Crippen MR) is 68.0 cm³/mol. The minimum Gasteiger partial charge on any atom is -0.387 e. The Balaban J connectivity index is 2.83. The number of hydrogen-bond acceptors (Lipinski definition) is 1. The molecule has 0 amide bonds. The van der Waals surface area contributed by atoms with Crippen LogP contribution in [0, 0.1) is 0 Å². The average molecular weight is 271 g/mol. The Labute approximate surface area is 109 Å². The largest absolute Gasteiger partial charge is 0.417 e. The van der Waals surface area contributed by atoms with Crippen molar-refractivity contribution in [3.05, 3.63) is 35.5 Å². The van der Waals surface area contributed by atoms with Crippen LogP contribution in [0.25, 0.3) is 10.9 Å². The molecule has 104 valence electrons. The molecule has 1 unspecified atom stereocenters. The smallest absolute Gasteiger partial charge is 0.387 e. The quantitative estimate of drug-likeness (QED) is 0.865. The third-order valence-electron chi connectivity index (χ3n) is 3.16. The normalized spacial score (nSPS) is 14.3. The van der Waals surface area contributed by atoms with Crippen molar-refractivity contribution < 1.29 is 18.3 Å². The Morgan fingerprint density at radius 1 is 1.16 bits per heavy atom. The van der Waals surface area contributed by atoms with Crippen LogP contribution in [0.4, 0.5) is 13.2 Å². The molecule has 0 saturated carbocycles. The number of hydrogen-bond donors (Lipinski definition) is 1. The fourth-order valence-corrected chi connectivity index (χ4v) is 2.42. The van der Waals surface area contributed by atoms with Gasteiger partial charge in [0.25, 0.3) is 0 Å². The van der Waals surface area contributed by atoms with Gasteiger partial charge in [0.15, 0.2) is 0 Å². The summed E-state index contributed by atoms with van der Waals surface area (Å²) in [5, 5.41) is 9.88. The maximum atomic E-state index is 13.0. The first-order valence-electron chi connectivity index (χ1n) is 6.12. The standard InChI is InChI=1S/C14H16F3NO/c1-8(2)18-12-6-4-5-11(14(15,16)17)10(12)7-13(18)9(3)19/h4-9,19H,1-3H3. The predicted octanol–water partition coefficient (Wildman–Crippen LogP) is 4.29. The van der Waals surface area contributed by atoms with E-state index in [1.165, 1.54) is 12.1 Å². The molecule has 0 aliphatic carbocycles. The number of nitrogens with zero attached hydrogens (tertiary/aromatic N) is 1. The second-order valence-electron chi connectivity index (χ2n) is 4.95. The molecule has 5 heteroatoms. The minimum atomic E-state index is -4.39. The lowest BCUT2D eigenvalue weighted by Crippen LogP contribution is -2.08. The van der Waals surface area contributed by atoms with E-state index in [4.69, 9.17) is 0 Å². The minimum absolute atomic E-state index is 0.0226. The summed E-state index contributed by atoms with van der Waals surface area (Å²) in [6.07, 6.45) is -5.20. The van der Waals surface area contributed by atoms with Gasteiger partial charge in [-0.15, -0.1) is 0 Å². The number of aromatic nitrogens is 1. The third kappa shape index (κ3) is 2.34. The fraction of sp³-hybridized carbons (Fsp3) is 0.429. The Morgan fingerprint density at radius 3 is 2.26 bits per heavy atom. The lowest BCUT2D eigenvalue weighted by molar-refractivity contribution is -0.136. The van der Waals surface area contributed by atoms with Crippen molar-refractivity contribution in [2.24, 2.45) is 0 Å². The van der Waals surface area contributed by atoms with E-state index >= 15 is 0 Å². The molecule has 1 aromatic carbocycles. The van der Waals surface area contributed by atoms with Crippen LogP contribution in [0.3, 0.4) is 0 Å². The molecule has 2 rings (SSSR count). The highest BCUT2D eigenvalue weighted by Crippen LogP contribution is 2.38. The summed E-state index contributed by atoms with van der Waals surface area (Å²) in [6, 6.07) is 5.53. The van der Waals surface area contributed by atoms with Crippen molar-refractivity contribution in [1.82, 2.24) is 4.57 Å². The van der Waals surface area contributed by atoms with E-state index in [1.54, 1.807) is 17.6 Å². The Bertz CT molecular complexity index is 596. The Kier molecular flexibility index (Phi) is 3.34. The molecular weight excluding hydrogens is 255 g/mol. The lowest BCUT2D eigenvalue weighted by Gasteiger charge is -2.16. The summed E-state index contributed by atoms with van der Waals surface area (Å²) >= 11 is 0. The highest BCUT2D eigenvalue weighted by molar-refractivity contribution is 5.85. The van der Waals surface area contributed by atoms with Crippen molar-refractivity contribution in [2.75, 3.05) is 0 Å². The van der Waals surface area contributed by atoms with Crippen LogP contribution in [0.1, 0.15) is 44.2 Å². The number of halogens is 3. The zero-order valence-electron chi connectivity index (χ0n) is 11.0. The van der Waals surface area contributed by atoms with Crippen molar-refractivity contribution >= 4 is 10.9 Å². The first-order chi connectivity index (χ1) is 8.73. The van der Waals surface area contributed by atoms with Gasteiger partial charge in [-0.05, 0) is 39.0 Å². The second-order valence-corrected chi connectivity index (χ2v) is 4.95.